The fraction of sp³-hybridized carbons (Fsp3) is 0.375. The van der Waals surface area contributed by atoms with Gasteiger partial charge in [0, 0.05) is 23.9 Å². The molecule has 0 bridgehead atoms. The number of esters is 1. The molecule has 4 nitrogen and oxygen atoms in total. The first-order valence-corrected chi connectivity index (χ1v) is 9.71. The fourth-order valence-electron chi connectivity index (χ4n) is 4.46. The maximum Gasteiger partial charge on any atom is 0.338 e. The summed E-state index contributed by atoms with van der Waals surface area (Å²) >= 11 is 0. The third-order valence-corrected chi connectivity index (χ3v) is 5.62. The highest BCUT2D eigenvalue weighted by molar-refractivity contribution is 5.89. The van der Waals surface area contributed by atoms with Crippen molar-refractivity contribution in [2.75, 3.05) is 0 Å². The molecule has 1 aliphatic heterocycles. The van der Waals surface area contributed by atoms with Crippen molar-refractivity contribution in [3.8, 4) is 0 Å². The van der Waals surface area contributed by atoms with E-state index in [1.807, 2.05) is 47.5 Å². The molecule has 1 fully saturated rings. The molecule has 1 aromatic rings. The minimum Gasteiger partial charge on any atom is -0.459 e. The van der Waals surface area contributed by atoms with Crippen LogP contribution in [0.3, 0.4) is 0 Å². The lowest BCUT2D eigenvalue weighted by molar-refractivity contribution is -0.113. The number of rotatable bonds is 10. The summed E-state index contributed by atoms with van der Waals surface area (Å²) in [4.78, 5) is 12.7. The molecule has 1 aromatic carbocycles. The number of carbonyl (C=O) groups is 1. The van der Waals surface area contributed by atoms with Crippen molar-refractivity contribution < 1.29 is 9.53 Å². The van der Waals surface area contributed by atoms with Gasteiger partial charge in [-0.25, -0.2) is 9.80 Å². The van der Waals surface area contributed by atoms with Crippen LogP contribution < -0.4 is 5.84 Å². The minimum absolute atomic E-state index is 0.271. The summed E-state index contributed by atoms with van der Waals surface area (Å²) in [5.41, 5.74) is -0.293. The Bertz CT molecular complexity index is 657. The van der Waals surface area contributed by atoms with Gasteiger partial charge in [-0.05, 0) is 37.8 Å². The predicted octanol–water partition coefficient (Wildman–Crippen LogP) is 4.96. The Hall–Kier alpha value is -2.43. The molecule has 0 unspecified atom stereocenters. The predicted molar refractivity (Wildman–Crippen MR) is 116 cm³/mol. The number of piperidine rings is 1. The molecule has 0 spiro atoms. The average molecular weight is 381 g/mol. The molecule has 2 N–H and O–H groups in total. The van der Waals surface area contributed by atoms with Crippen LogP contribution in [0.25, 0.3) is 0 Å². The summed E-state index contributed by atoms with van der Waals surface area (Å²) in [5, 5.41) is 1.94. The van der Waals surface area contributed by atoms with Gasteiger partial charge in [-0.1, -0.05) is 42.5 Å². The fourth-order valence-corrected chi connectivity index (χ4v) is 4.46. The summed E-state index contributed by atoms with van der Waals surface area (Å²) in [5.74, 6) is 6.43. The van der Waals surface area contributed by atoms with Crippen LogP contribution in [0.15, 0.2) is 81.0 Å². The molecule has 150 valence electrons. The molecule has 28 heavy (non-hydrogen) atoms. The number of nitrogens with two attached hydrogens (primary N) is 1. The Morgan fingerprint density at radius 3 is 1.79 bits per heavy atom. The van der Waals surface area contributed by atoms with Crippen molar-refractivity contribution in [3.05, 3.63) is 86.5 Å². The lowest BCUT2D eigenvalue weighted by atomic mass is 9.70. The molecule has 0 aliphatic carbocycles. The highest BCUT2D eigenvalue weighted by Gasteiger charge is 2.52. The van der Waals surface area contributed by atoms with E-state index in [4.69, 9.17) is 10.6 Å². The molecule has 2 rings (SSSR count). The molecule has 0 atom stereocenters. The van der Waals surface area contributed by atoms with E-state index in [0.29, 0.717) is 44.1 Å². The molecule has 1 aliphatic rings. The molecule has 0 aromatic heterocycles. The van der Waals surface area contributed by atoms with Crippen LogP contribution in [0.4, 0.5) is 0 Å². The zero-order chi connectivity index (χ0) is 20.6. The topological polar surface area (TPSA) is 55.6 Å². The van der Waals surface area contributed by atoms with Crippen LogP contribution in [-0.2, 0) is 4.74 Å². The standard InChI is InChI=1S/C24H32N2O2/c1-5-14-23(15-6-2)18-21(28-22(27)20-12-10-9-11-13-20)19-24(16-7-3,17-8-4)26(23)25/h5-13,21H,1-4,14-19,25H2. The number of hydrogen-bond donors (Lipinski definition) is 1. The number of ether oxygens (including phenoxy) is 1. The average Bonchev–Trinajstić information content (AvgIpc) is 2.67. The second-order valence-electron chi connectivity index (χ2n) is 7.59. The third kappa shape index (κ3) is 4.51. The Labute approximate surface area is 169 Å². The first-order valence-electron chi connectivity index (χ1n) is 9.71. The number of hydrazine groups is 1. The summed E-state index contributed by atoms with van der Waals surface area (Å²) in [7, 11) is 0. The van der Waals surface area contributed by atoms with Crippen LogP contribution in [0.2, 0.25) is 0 Å². The van der Waals surface area contributed by atoms with Crippen molar-refractivity contribution in [3.63, 3.8) is 0 Å². The van der Waals surface area contributed by atoms with Gasteiger partial charge in [0.25, 0.3) is 0 Å². The lowest BCUT2D eigenvalue weighted by Gasteiger charge is -2.57. The minimum atomic E-state index is -0.421. The largest absolute Gasteiger partial charge is 0.459 e. The smallest absolute Gasteiger partial charge is 0.338 e. The van der Waals surface area contributed by atoms with E-state index < -0.39 is 11.1 Å². The van der Waals surface area contributed by atoms with Gasteiger partial charge in [0.1, 0.15) is 6.10 Å². The second kappa shape index (κ2) is 9.67. The quantitative estimate of drug-likeness (QED) is 0.354. The molecule has 0 saturated carbocycles. The molecule has 4 heteroatoms. The van der Waals surface area contributed by atoms with Gasteiger partial charge in [-0.3, -0.25) is 5.84 Å². The van der Waals surface area contributed by atoms with Crippen LogP contribution in [0, 0.1) is 0 Å². The van der Waals surface area contributed by atoms with E-state index >= 15 is 0 Å². The number of nitrogens with zero attached hydrogens (tertiary/aromatic N) is 1. The van der Waals surface area contributed by atoms with Crippen LogP contribution >= 0.6 is 0 Å². The zero-order valence-electron chi connectivity index (χ0n) is 16.7. The zero-order valence-corrected chi connectivity index (χ0v) is 16.7. The van der Waals surface area contributed by atoms with E-state index in [9.17, 15) is 4.79 Å². The van der Waals surface area contributed by atoms with E-state index in [0.717, 1.165) is 0 Å². The van der Waals surface area contributed by atoms with Crippen LogP contribution in [0.5, 0.6) is 0 Å². The van der Waals surface area contributed by atoms with Crippen LogP contribution in [0.1, 0.15) is 48.9 Å². The summed E-state index contributed by atoms with van der Waals surface area (Å²) in [6.07, 6.45) is 11.1. The van der Waals surface area contributed by atoms with Gasteiger partial charge in [0.15, 0.2) is 0 Å². The van der Waals surface area contributed by atoms with Crippen molar-refractivity contribution in [1.29, 1.82) is 0 Å². The van der Waals surface area contributed by atoms with Crippen molar-refractivity contribution in [1.82, 2.24) is 5.01 Å². The molecular weight excluding hydrogens is 348 g/mol. The Morgan fingerprint density at radius 2 is 1.39 bits per heavy atom. The number of benzene rings is 1. The van der Waals surface area contributed by atoms with Gasteiger partial charge < -0.3 is 4.74 Å². The second-order valence-corrected chi connectivity index (χ2v) is 7.59. The highest BCUT2D eigenvalue weighted by atomic mass is 16.5. The third-order valence-electron chi connectivity index (χ3n) is 5.62. The highest BCUT2D eigenvalue weighted by Crippen LogP contribution is 2.45. The Kier molecular flexibility index (Phi) is 7.55. The first kappa shape index (κ1) is 21.9. The van der Waals surface area contributed by atoms with Crippen molar-refractivity contribution in [2.45, 2.75) is 55.7 Å². The van der Waals surface area contributed by atoms with Gasteiger partial charge in [-0.15, -0.1) is 26.3 Å². The SMILES string of the molecule is C=CCC1(CC=C)CC(OC(=O)c2ccccc2)CC(CC=C)(CC=C)N1N. The summed E-state index contributed by atoms with van der Waals surface area (Å²) in [6.45, 7) is 15.7. The summed E-state index contributed by atoms with van der Waals surface area (Å²) in [6, 6.07) is 9.07. The monoisotopic (exact) mass is 380 g/mol. The lowest BCUT2D eigenvalue weighted by Crippen LogP contribution is -2.69. The number of carbonyl (C=O) groups excluding carboxylic acids is 1. The molecule has 0 radical (unpaired) electrons. The first-order chi connectivity index (χ1) is 13.5. The van der Waals surface area contributed by atoms with E-state index in [1.54, 1.807) is 12.1 Å². The normalized spacial score (nSPS) is 18.8. The Morgan fingerprint density at radius 1 is 0.964 bits per heavy atom. The summed E-state index contributed by atoms with van der Waals surface area (Å²) < 4.78 is 5.96. The van der Waals surface area contributed by atoms with Gasteiger partial charge >= 0.3 is 5.97 Å². The Balaban J connectivity index is 2.40. The van der Waals surface area contributed by atoms with E-state index in [1.165, 1.54) is 0 Å². The van der Waals surface area contributed by atoms with Crippen molar-refractivity contribution >= 4 is 5.97 Å². The van der Waals surface area contributed by atoms with Crippen LogP contribution in [-0.4, -0.2) is 28.2 Å². The van der Waals surface area contributed by atoms with E-state index in [-0.39, 0.29) is 12.1 Å². The van der Waals surface area contributed by atoms with Gasteiger partial charge in [-0.2, -0.15) is 0 Å². The molecule has 0 amide bonds. The maximum atomic E-state index is 12.7. The number of hydrogen-bond acceptors (Lipinski definition) is 4. The van der Waals surface area contributed by atoms with Gasteiger partial charge in [0.05, 0.1) is 5.56 Å². The van der Waals surface area contributed by atoms with Gasteiger partial charge in [0.2, 0.25) is 0 Å². The molecule has 1 saturated heterocycles. The molecular formula is C24H32N2O2. The molecule has 1 heterocycles. The maximum absolute atomic E-state index is 12.7. The van der Waals surface area contributed by atoms with Crippen molar-refractivity contribution in [2.24, 2.45) is 5.84 Å². The van der Waals surface area contributed by atoms with E-state index in [2.05, 4.69) is 26.3 Å².